The normalized spacial score (nSPS) is 10.4. The third kappa shape index (κ3) is 27.9. The van der Waals surface area contributed by atoms with E-state index in [0.717, 1.165) is 0 Å². The zero-order valence-corrected chi connectivity index (χ0v) is 13.8. The Balaban J connectivity index is 0. The second-order valence-corrected chi connectivity index (χ2v) is 3.88. The number of ether oxygens (including phenoxy) is 6. The number of aliphatic hydroxyl groups is 2. The topological polar surface area (TPSA) is 95.8 Å². The molecular formula is C14H32O8. The van der Waals surface area contributed by atoms with Gasteiger partial charge in [0.05, 0.1) is 79.3 Å². The Morgan fingerprint density at radius 3 is 1.00 bits per heavy atom. The average Bonchev–Trinajstić information content (AvgIpc) is 2.54. The molecule has 0 amide bonds. The van der Waals surface area contributed by atoms with Gasteiger partial charge in [0.2, 0.25) is 0 Å². The van der Waals surface area contributed by atoms with Crippen LogP contribution >= 0.6 is 0 Å². The standard InChI is InChI=1S/C10H22O5.C4H10O3/c1-11-3-5-13-7-9-15-10-8-14-6-4-12-2;5-1-3-7-4-2-6/h3-10H2,1-2H3;5-6H,1-4H2. The van der Waals surface area contributed by atoms with Gasteiger partial charge in [-0.3, -0.25) is 0 Å². The van der Waals surface area contributed by atoms with E-state index in [1.807, 2.05) is 0 Å². The summed E-state index contributed by atoms with van der Waals surface area (Å²) < 4.78 is 30.0. The van der Waals surface area contributed by atoms with Crippen molar-refractivity contribution in [2.24, 2.45) is 0 Å². The molecule has 22 heavy (non-hydrogen) atoms. The highest BCUT2D eigenvalue weighted by atomic mass is 16.6. The molecule has 136 valence electrons. The van der Waals surface area contributed by atoms with E-state index in [1.54, 1.807) is 14.2 Å². The molecule has 2 N–H and O–H groups in total. The van der Waals surface area contributed by atoms with Crippen molar-refractivity contribution in [3.8, 4) is 0 Å². The van der Waals surface area contributed by atoms with Gasteiger partial charge in [-0.1, -0.05) is 0 Å². The van der Waals surface area contributed by atoms with Gasteiger partial charge < -0.3 is 38.6 Å². The van der Waals surface area contributed by atoms with Gasteiger partial charge >= 0.3 is 0 Å². The fourth-order valence-corrected chi connectivity index (χ4v) is 1.06. The lowest BCUT2D eigenvalue weighted by atomic mass is 10.7. The highest BCUT2D eigenvalue weighted by molar-refractivity contribution is 4.34. The Labute approximate surface area is 133 Å². The van der Waals surface area contributed by atoms with Crippen LogP contribution in [0, 0.1) is 0 Å². The summed E-state index contributed by atoms with van der Waals surface area (Å²) in [7, 11) is 3.30. The van der Waals surface area contributed by atoms with Crippen molar-refractivity contribution in [2.75, 3.05) is 93.5 Å². The van der Waals surface area contributed by atoms with Crippen LogP contribution in [0.4, 0.5) is 0 Å². The summed E-state index contributed by atoms with van der Waals surface area (Å²) in [4.78, 5) is 0. The molecule has 0 rings (SSSR count). The van der Waals surface area contributed by atoms with Gasteiger partial charge in [0, 0.05) is 14.2 Å². The smallest absolute Gasteiger partial charge is 0.0701 e. The lowest BCUT2D eigenvalue weighted by Crippen LogP contribution is -2.12. The van der Waals surface area contributed by atoms with E-state index in [0.29, 0.717) is 66.1 Å². The number of methoxy groups -OCH3 is 2. The fraction of sp³-hybridized carbons (Fsp3) is 1.00. The van der Waals surface area contributed by atoms with Gasteiger partial charge in [-0.25, -0.2) is 0 Å². The average molecular weight is 328 g/mol. The van der Waals surface area contributed by atoms with Crippen molar-refractivity contribution in [1.82, 2.24) is 0 Å². The molecule has 0 saturated heterocycles. The lowest BCUT2D eigenvalue weighted by molar-refractivity contribution is -0.00380. The summed E-state index contributed by atoms with van der Waals surface area (Å²) >= 11 is 0. The molecule has 8 nitrogen and oxygen atoms in total. The minimum atomic E-state index is 0.0278. The Morgan fingerprint density at radius 2 is 0.727 bits per heavy atom. The molecule has 0 spiro atoms. The molecule has 0 fully saturated rings. The molecule has 0 heterocycles. The molecule has 0 aliphatic carbocycles. The minimum Gasteiger partial charge on any atom is -0.394 e. The SMILES string of the molecule is COCCOCCOCCOCCOC.OCCOCCO. The largest absolute Gasteiger partial charge is 0.394 e. The van der Waals surface area contributed by atoms with E-state index >= 15 is 0 Å². The highest BCUT2D eigenvalue weighted by Gasteiger charge is 1.91. The van der Waals surface area contributed by atoms with Crippen LogP contribution in [0.5, 0.6) is 0 Å². The number of hydrogen-bond donors (Lipinski definition) is 2. The summed E-state index contributed by atoms with van der Waals surface area (Å²) in [6.45, 7) is 5.56. The highest BCUT2D eigenvalue weighted by Crippen LogP contribution is 1.82. The maximum Gasteiger partial charge on any atom is 0.0701 e. The Hall–Kier alpha value is -0.320. The molecule has 0 aliphatic rings. The van der Waals surface area contributed by atoms with Gasteiger partial charge in [0.25, 0.3) is 0 Å². The van der Waals surface area contributed by atoms with E-state index in [-0.39, 0.29) is 13.2 Å². The minimum absolute atomic E-state index is 0.0278. The fourth-order valence-electron chi connectivity index (χ4n) is 1.06. The van der Waals surface area contributed by atoms with Crippen LogP contribution in [0.25, 0.3) is 0 Å². The first-order chi connectivity index (χ1) is 10.8. The second-order valence-electron chi connectivity index (χ2n) is 3.88. The summed E-state index contributed by atoms with van der Waals surface area (Å²) in [6, 6.07) is 0. The van der Waals surface area contributed by atoms with Gasteiger partial charge in [0.1, 0.15) is 0 Å². The first kappa shape index (κ1) is 23.9. The first-order valence-electron chi connectivity index (χ1n) is 7.34. The van der Waals surface area contributed by atoms with Crippen molar-refractivity contribution in [1.29, 1.82) is 0 Å². The maximum absolute atomic E-state index is 8.09. The zero-order valence-electron chi connectivity index (χ0n) is 13.8. The van der Waals surface area contributed by atoms with Crippen LogP contribution in [0.3, 0.4) is 0 Å². The third-order valence-electron chi connectivity index (χ3n) is 2.08. The van der Waals surface area contributed by atoms with Crippen LogP contribution in [-0.2, 0) is 28.4 Å². The molecule has 0 aromatic heterocycles. The summed E-state index contributed by atoms with van der Waals surface area (Å²) in [5.41, 5.74) is 0. The molecule has 0 atom stereocenters. The summed E-state index contributed by atoms with van der Waals surface area (Å²) in [6.07, 6.45) is 0. The lowest BCUT2D eigenvalue weighted by Gasteiger charge is -2.06. The van der Waals surface area contributed by atoms with E-state index in [4.69, 9.17) is 33.9 Å². The molecule has 0 unspecified atom stereocenters. The van der Waals surface area contributed by atoms with E-state index in [9.17, 15) is 0 Å². The predicted molar refractivity (Wildman–Crippen MR) is 81.2 cm³/mol. The summed E-state index contributed by atoms with van der Waals surface area (Å²) in [5.74, 6) is 0. The van der Waals surface area contributed by atoms with Crippen LogP contribution in [-0.4, -0.2) is 104 Å². The van der Waals surface area contributed by atoms with Crippen LogP contribution < -0.4 is 0 Å². The molecule has 0 saturated carbocycles. The first-order valence-corrected chi connectivity index (χ1v) is 7.34. The number of aliphatic hydroxyl groups excluding tert-OH is 2. The number of hydrogen-bond acceptors (Lipinski definition) is 8. The van der Waals surface area contributed by atoms with Crippen LogP contribution in [0.15, 0.2) is 0 Å². The Kier molecular flexibility index (Phi) is 27.9. The van der Waals surface area contributed by atoms with Gasteiger partial charge in [-0.2, -0.15) is 0 Å². The second kappa shape index (κ2) is 25.6. The molecule has 0 aliphatic heterocycles. The maximum atomic E-state index is 8.09. The Bertz CT molecular complexity index is 155. The monoisotopic (exact) mass is 328 g/mol. The van der Waals surface area contributed by atoms with Crippen molar-refractivity contribution in [2.45, 2.75) is 0 Å². The molecule has 8 heteroatoms. The number of rotatable bonds is 16. The molecule has 0 bridgehead atoms. The zero-order chi connectivity index (χ0) is 16.7. The van der Waals surface area contributed by atoms with Crippen LogP contribution in [0.2, 0.25) is 0 Å². The molecule has 0 aromatic carbocycles. The summed E-state index contributed by atoms with van der Waals surface area (Å²) in [5, 5.41) is 16.2. The van der Waals surface area contributed by atoms with Crippen molar-refractivity contribution in [3.63, 3.8) is 0 Å². The van der Waals surface area contributed by atoms with Crippen molar-refractivity contribution < 1.29 is 38.6 Å². The van der Waals surface area contributed by atoms with E-state index in [1.165, 1.54) is 0 Å². The van der Waals surface area contributed by atoms with E-state index < -0.39 is 0 Å². The molecule has 0 aromatic rings. The van der Waals surface area contributed by atoms with Gasteiger partial charge in [-0.15, -0.1) is 0 Å². The van der Waals surface area contributed by atoms with Gasteiger partial charge in [0.15, 0.2) is 0 Å². The van der Waals surface area contributed by atoms with Gasteiger partial charge in [-0.05, 0) is 0 Å². The quantitative estimate of drug-likeness (QED) is 0.360. The molecule has 0 radical (unpaired) electrons. The third-order valence-corrected chi connectivity index (χ3v) is 2.08. The van der Waals surface area contributed by atoms with Crippen molar-refractivity contribution >= 4 is 0 Å². The van der Waals surface area contributed by atoms with Crippen molar-refractivity contribution in [3.05, 3.63) is 0 Å². The van der Waals surface area contributed by atoms with Crippen LogP contribution in [0.1, 0.15) is 0 Å². The van der Waals surface area contributed by atoms with E-state index in [2.05, 4.69) is 4.74 Å². The Morgan fingerprint density at radius 1 is 0.455 bits per heavy atom. The molecular weight excluding hydrogens is 296 g/mol. The predicted octanol–water partition coefficient (Wildman–Crippen LogP) is -0.683.